The number of hydrogen-bond donors (Lipinski definition) is 1. The average Bonchev–Trinajstić information content (AvgIpc) is 3.05. The number of hydrogen-bond acceptors (Lipinski definition) is 6. The minimum absolute atomic E-state index is 0.117. The van der Waals surface area contributed by atoms with Crippen molar-refractivity contribution in [2.75, 3.05) is 39.1 Å². The number of ether oxygens (including phenoxy) is 2. The van der Waals surface area contributed by atoms with E-state index in [4.69, 9.17) is 15.2 Å². The first kappa shape index (κ1) is 18.8. The molecule has 7 nitrogen and oxygen atoms in total. The van der Waals surface area contributed by atoms with Crippen LogP contribution in [0.15, 0.2) is 30.5 Å². The number of nitrogen functional groups attached to an aromatic ring is 1. The maximum absolute atomic E-state index is 12.1. The van der Waals surface area contributed by atoms with Crippen molar-refractivity contribution < 1.29 is 14.3 Å². The second kappa shape index (κ2) is 8.60. The summed E-state index contributed by atoms with van der Waals surface area (Å²) in [5.74, 6) is 0.173. The number of carbonyl (C=O) groups excluding carboxylic acids is 1. The van der Waals surface area contributed by atoms with Crippen molar-refractivity contribution in [2.45, 2.75) is 19.3 Å². The summed E-state index contributed by atoms with van der Waals surface area (Å²) in [6.07, 6.45) is 5.39. The summed E-state index contributed by atoms with van der Waals surface area (Å²) in [6.45, 7) is 3.86. The average molecular weight is 368 g/mol. The summed E-state index contributed by atoms with van der Waals surface area (Å²) >= 11 is 0. The van der Waals surface area contributed by atoms with Gasteiger partial charge in [-0.15, -0.1) is 0 Å². The van der Waals surface area contributed by atoms with E-state index in [2.05, 4.69) is 4.90 Å². The molecule has 1 fully saturated rings. The van der Waals surface area contributed by atoms with Crippen molar-refractivity contribution >= 4 is 11.7 Å². The number of anilines is 1. The Morgan fingerprint density at radius 2 is 1.93 bits per heavy atom. The van der Waals surface area contributed by atoms with E-state index in [1.165, 1.54) is 32.6 Å². The molecular weight excluding hydrogens is 344 g/mol. The molecule has 1 aromatic heterocycles. The number of nitrogens with two attached hydrogens (primary N) is 1. The van der Waals surface area contributed by atoms with Gasteiger partial charge in [-0.3, -0.25) is 4.90 Å². The van der Waals surface area contributed by atoms with Crippen LogP contribution in [-0.4, -0.2) is 48.8 Å². The van der Waals surface area contributed by atoms with Gasteiger partial charge in [-0.05, 0) is 50.2 Å². The fourth-order valence-electron chi connectivity index (χ4n) is 3.30. The minimum Gasteiger partial charge on any atom is -0.492 e. The Morgan fingerprint density at radius 1 is 1.22 bits per heavy atom. The lowest BCUT2D eigenvalue weighted by Crippen LogP contribution is -2.33. The van der Waals surface area contributed by atoms with E-state index in [1.807, 2.05) is 30.3 Å². The molecule has 0 atom stereocenters. The molecule has 1 aliphatic heterocycles. The van der Waals surface area contributed by atoms with Crippen LogP contribution in [-0.2, 0) is 4.74 Å². The number of methoxy groups -OCH3 is 1. The molecule has 0 saturated carbocycles. The number of piperidine rings is 1. The minimum atomic E-state index is -0.587. The molecule has 1 aromatic carbocycles. The molecule has 27 heavy (non-hydrogen) atoms. The molecule has 0 unspecified atom stereocenters. The zero-order valence-corrected chi connectivity index (χ0v) is 15.5. The van der Waals surface area contributed by atoms with Crippen LogP contribution in [0.5, 0.6) is 5.75 Å². The lowest BCUT2D eigenvalue weighted by Gasteiger charge is -2.26. The predicted molar refractivity (Wildman–Crippen MR) is 102 cm³/mol. The van der Waals surface area contributed by atoms with E-state index in [-0.39, 0.29) is 16.9 Å². The topological polar surface area (TPSA) is 93.5 Å². The number of carbonyl (C=O) groups is 1. The van der Waals surface area contributed by atoms with Crippen LogP contribution in [0.1, 0.15) is 35.3 Å². The van der Waals surface area contributed by atoms with Crippen molar-refractivity contribution in [1.82, 2.24) is 9.47 Å². The monoisotopic (exact) mass is 368 g/mol. The van der Waals surface area contributed by atoms with E-state index >= 15 is 0 Å². The molecule has 2 aromatic rings. The summed E-state index contributed by atoms with van der Waals surface area (Å²) in [5.41, 5.74) is 7.12. The Balaban J connectivity index is 1.70. The molecule has 2 N–H and O–H groups in total. The fourth-order valence-corrected chi connectivity index (χ4v) is 3.30. The third kappa shape index (κ3) is 4.23. The molecule has 1 aliphatic rings. The van der Waals surface area contributed by atoms with E-state index < -0.39 is 5.97 Å². The maximum atomic E-state index is 12.1. The summed E-state index contributed by atoms with van der Waals surface area (Å²) < 4.78 is 12.2. The zero-order chi connectivity index (χ0) is 19.2. The molecule has 0 aliphatic carbocycles. The Bertz CT molecular complexity index is 830. The number of esters is 1. The molecular formula is C20H24N4O3. The molecule has 142 valence electrons. The number of nitrogens with zero attached hydrogens (tertiary/aromatic N) is 3. The third-order valence-electron chi connectivity index (χ3n) is 4.78. The van der Waals surface area contributed by atoms with Gasteiger partial charge in [-0.25, -0.2) is 4.79 Å². The normalized spacial score (nSPS) is 14.5. The highest BCUT2D eigenvalue weighted by Crippen LogP contribution is 2.25. The zero-order valence-electron chi connectivity index (χ0n) is 15.5. The Kier molecular flexibility index (Phi) is 5.99. The molecule has 0 amide bonds. The van der Waals surface area contributed by atoms with Crippen molar-refractivity contribution in [1.29, 1.82) is 5.26 Å². The highest BCUT2D eigenvalue weighted by atomic mass is 16.5. The van der Waals surface area contributed by atoms with Gasteiger partial charge in [0.05, 0.1) is 18.4 Å². The first-order chi connectivity index (χ1) is 13.1. The van der Waals surface area contributed by atoms with Gasteiger partial charge >= 0.3 is 5.97 Å². The second-order valence-electron chi connectivity index (χ2n) is 6.52. The number of rotatable bonds is 6. The lowest BCUT2D eigenvalue weighted by atomic mass is 10.1. The predicted octanol–water partition coefficient (Wildman–Crippen LogP) is 2.58. The van der Waals surface area contributed by atoms with Gasteiger partial charge < -0.3 is 19.8 Å². The lowest BCUT2D eigenvalue weighted by molar-refractivity contribution is 0.0593. The second-order valence-corrected chi connectivity index (χ2v) is 6.52. The Hall–Kier alpha value is -2.98. The van der Waals surface area contributed by atoms with E-state index in [1.54, 1.807) is 4.57 Å². The Labute approximate surface area is 158 Å². The molecule has 3 rings (SSSR count). The van der Waals surface area contributed by atoms with Crippen molar-refractivity contribution in [3.8, 4) is 17.5 Å². The molecule has 0 radical (unpaired) electrons. The van der Waals surface area contributed by atoms with E-state index in [0.29, 0.717) is 12.3 Å². The first-order valence-corrected chi connectivity index (χ1v) is 9.09. The van der Waals surface area contributed by atoms with Gasteiger partial charge in [0.15, 0.2) is 5.69 Å². The van der Waals surface area contributed by atoms with Crippen LogP contribution in [0.2, 0.25) is 0 Å². The molecule has 2 heterocycles. The quantitative estimate of drug-likeness (QED) is 0.788. The van der Waals surface area contributed by atoms with Crippen LogP contribution >= 0.6 is 0 Å². The van der Waals surface area contributed by atoms with E-state index in [9.17, 15) is 10.1 Å². The number of benzene rings is 1. The van der Waals surface area contributed by atoms with E-state index in [0.717, 1.165) is 25.4 Å². The summed E-state index contributed by atoms with van der Waals surface area (Å²) in [5, 5.41) is 9.19. The van der Waals surface area contributed by atoms with Crippen LogP contribution in [0.25, 0.3) is 5.69 Å². The Morgan fingerprint density at radius 3 is 2.56 bits per heavy atom. The van der Waals surface area contributed by atoms with Gasteiger partial charge in [0.2, 0.25) is 0 Å². The van der Waals surface area contributed by atoms with Gasteiger partial charge in [0.25, 0.3) is 0 Å². The van der Waals surface area contributed by atoms with Gasteiger partial charge in [-0.1, -0.05) is 6.42 Å². The summed E-state index contributed by atoms with van der Waals surface area (Å²) in [6, 6.07) is 9.32. The van der Waals surface area contributed by atoms with Crippen molar-refractivity contribution in [2.24, 2.45) is 0 Å². The highest BCUT2D eigenvalue weighted by Gasteiger charge is 2.21. The smallest absolute Gasteiger partial charge is 0.357 e. The molecule has 0 bridgehead atoms. The molecule has 0 spiro atoms. The first-order valence-electron chi connectivity index (χ1n) is 9.09. The summed E-state index contributed by atoms with van der Waals surface area (Å²) in [4.78, 5) is 14.5. The van der Waals surface area contributed by atoms with Gasteiger partial charge in [0.1, 0.15) is 18.4 Å². The highest BCUT2D eigenvalue weighted by molar-refractivity contribution is 5.95. The van der Waals surface area contributed by atoms with Crippen LogP contribution in [0.3, 0.4) is 0 Å². The summed E-state index contributed by atoms with van der Waals surface area (Å²) in [7, 11) is 1.28. The third-order valence-corrected chi connectivity index (χ3v) is 4.78. The van der Waals surface area contributed by atoms with Crippen LogP contribution < -0.4 is 10.5 Å². The fraction of sp³-hybridized carbons (Fsp3) is 0.400. The number of likely N-dealkylation sites (tertiary alicyclic amines) is 1. The molecule has 1 saturated heterocycles. The maximum Gasteiger partial charge on any atom is 0.357 e. The van der Waals surface area contributed by atoms with Crippen molar-refractivity contribution in [3.63, 3.8) is 0 Å². The van der Waals surface area contributed by atoms with Gasteiger partial charge in [0, 0.05) is 18.4 Å². The van der Waals surface area contributed by atoms with Gasteiger partial charge in [-0.2, -0.15) is 5.26 Å². The molecule has 7 heteroatoms. The SMILES string of the molecule is COC(=O)c1c(N)c(C#N)cn1-c1ccc(OCCN2CCCCC2)cc1. The van der Waals surface area contributed by atoms with Crippen LogP contribution in [0.4, 0.5) is 5.69 Å². The van der Waals surface area contributed by atoms with Crippen molar-refractivity contribution in [3.05, 3.63) is 41.7 Å². The number of nitriles is 1. The number of aromatic nitrogens is 1. The van der Waals surface area contributed by atoms with Crippen LogP contribution in [0, 0.1) is 11.3 Å². The largest absolute Gasteiger partial charge is 0.492 e. The standard InChI is InChI=1S/C20H24N4O3/c1-26-20(25)19-18(22)15(13-21)14-24(19)16-5-7-17(8-6-16)27-12-11-23-9-3-2-4-10-23/h5-8,14H,2-4,9-12,22H2,1H3.